The first-order valence-corrected chi connectivity index (χ1v) is 4.00. The molecule has 0 rings (SSSR count). The Bertz CT molecular complexity index is 192. The lowest BCUT2D eigenvalue weighted by atomic mass is 10.4. The molecule has 2 nitrogen and oxygen atoms in total. The van der Waals surface area contributed by atoms with E-state index in [2.05, 4.69) is 11.6 Å². The van der Waals surface area contributed by atoms with Crippen molar-refractivity contribution in [2.75, 3.05) is 0 Å². The molecule has 0 atom stereocenters. The van der Waals surface area contributed by atoms with Crippen LogP contribution in [0.15, 0.2) is 26.0 Å². The Morgan fingerprint density at radius 2 is 2.30 bits per heavy atom. The summed E-state index contributed by atoms with van der Waals surface area (Å²) < 4.78 is 0.679. The molecule has 0 saturated carbocycles. The Balaban J connectivity index is 4.16. The zero-order valence-corrected chi connectivity index (χ0v) is 8.48. The Hall–Kier alpha value is -0.0300. The van der Waals surface area contributed by atoms with Crippen molar-refractivity contribution in [2.45, 2.75) is 6.92 Å². The van der Waals surface area contributed by atoms with Crippen LogP contribution in [0.25, 0.3) is 0 Å². The molecule has 0 aliphatic carbocycles. The summed E-state index contributed by atoms with van der Waals surface area (Å²) in [6.45, 7) is 5.26. The first kappa shape index (κ1) is 9.97. The largest absolute Gasteiger partial charge is 0.397 e. The molecule has 0 heterocycles. The second-order valence-corrected chi connectivity index (χ2v) is 3.44. The van der Waals surface area contributed by atoms with Crippen molar-refractivity contribution < 1.29 is 0 Å². The Labute approximate surface area is 79.0 Å². The summed E-state index contributed by atoms with van der Waals surface area (Å²) in [6.07, 6.45) is 1.48. The van der Waals surface area contributed by atoms with Gasteiger partial charge in [0.1, 0.15) is 0 Å². The van der Waals surface area contributed by atoms with E-state index in [-0.39, 0.29) is 0 Å². The predicted octanol–water partition coefficient (Wildman–Crippen LogP) is 2.39. The number of allylic oxidation sites excluding steroid dienone is 2. The molecule has 0 unspecified atom stereocenters. The highest BCUT2D eigenvalue weighted by molar-refractivity contribution is 14.1. The summed E-state index contributed by atoms with van der Waals surface area (Å²) in [5.74, 6) is 0. The minimum atomic E-state index is 0.472. The van der Waals surface area contributed by atoms with Gasteiger partial charge in [-0.3, -0.25) is 0 Å². The molecule has 0 spiro atoms. The summed E-state index contributed by atoms with van der Waals surface area (Å²) in [5.41, 5.74) is 5.89. The average molecular weight is 271 g/mol. The van der Waals surface area contributed by atoms with Gasteiger partial charge in [-0.05, 0) is 29.5 Å². The standard InChI is InChI=1S/C6H8ClIN2/c1-4(7)6(9)3-10-5(2)8/h3H,2,9H2,1H3/b6-4-,10-3-. The molecule has 2 N–H and O–H groups in total. The number of nitrogens with two attached hydrogens (primary N) is 1. The lowest BCUT2D eigenvalue weighted by Crippen LogP contribution is -1.99. The van der Waals surface area contributed by atoms with Crippen LogP contribution in [-0.2, 0) is 0 Å². The van der Waals surface area contributed by atoms with Crippen LogP contribution in [-0.4, -0.2) is 6.21 Å². The van der Waals surface area contributed by atoms with E-state index in [9.17, 15) is 0 Å². The third-order valence-electron chi connectivity index (χ3n) is 0.742. The van der Waals surface area contributed by atoms with E-state index in [1.54, 1.807) is 6.92 Å². The van der Waals surface area contributed by atoms with Crippen molar-refractivity contribution >= 4 is 40.4 Å². The Morgan fingerprint density at radius 1 is 1.80 bits per heavy atom. The predicted molar refractivity (Wildman–Crippen MR) is 54.4 cm³/mol. The van der Waals surface area contributed by atoms with Gasteiger partial charge in [0.15, 0.2) is 0 Å². The quantitative estimate of drug-likeness (QED) is 0.467. The van der Waals surface area contributed by atoms with Gasteiger partial charge in [-0.25, -0.2) is 4.99 Å². The van der Waals surface area contributed by atoms with Crippen LogP contribution in [0.3, 0.4) is 0 Å². The molecule has 0 amide bonds. The molecular weight excluding hydrogens is 262 g/mol. The zero-order chi connectivity index (χ0) is 8.15. The monoisotopic (exact) mass is 270 g/mol. The molecule has 4 heteroatoms. The maximum atomic E-state index is 5.54. The van der Waals surface area contributed by atoms with E-state index >= 15 is 0 Å². The van der Waals surface area contributed by atoms with Gasteiger partial charge in [-0.15, -0.1) is 0 Å². The first-order chi connectivity index (χ1) is 4.54. The van der Waals surface area contributed by atoms with Gasteiger partial charge in [-0.2, -0.15) is 0 Å². The lowest BCUT2D eigenvalue weighted by molar-refractivity contribution is 1.41. The van der Waals surface area contributed by atoms with Gasteiger partial charge in [0.25, 0.3) is 0 Å². The number of hydrogen-bond acceptors (Lipinski definition) is 2. The smallest absolute Gasteiger partial charge is 0.0938 e. The fraction of sp³-hybridized carbons (Fsp3) is 0.167. The highest BCUT2D eigenvalue weighted by Gasteiger charge is 1.87. The fourth-order valence-corrected chi connectivity index (χ4v) is 0.417. The van der Waals surface area contributed by atoms with Crippen LogP contribution in [0.4, 0.5) is 0 Å². The van der Waals surface area contributed by atoms with Gasteiger partial charge >= 0.3 is 0 Å². The van der Waals surface area contributed by atoms with Crippen LogP contribution < -0.4 is 5.73 Å². The fourth-order valence-electron chi connectivity index (χ4n) is 0.229. The maximum Gasteiger partial charge on any atom is 0.0938 e. The van der Waals surface area contributed by atoms with E-state index in [1.165, 1.54) is 6.21 Å². The molecule has 0 aliphatic rings. The number of rotatable bonds is 2. The van der Waals surface area contributed by atoms with Crippen LogP contribution in [0, 0.1) is 0 Å². The third-order valence-corrected chi connectivity index (χ3v) is 1.24. The molecule has 0 radical (unpaired) electrons. The zero-order valence-electron chi connectivity index (χ0n) is 5.56. The van der Waals surface area contributed by atoms with Crippen molar-refractivity contribution in [2.24, 2.45) is 10.7 Å². The molecule has 0 aromatic heterocycles. The van der Waals surface area contributed by atoms with Gasteiger partial charge < -0.3 is 5.73 Å². The lowest BCUT2D eigenvalue weighted by Gasteiger charge is -1.91. The maximum absolute atomic E-state index is 5.54. The second kappa shape index (κ2) is 4.73. The van der Waals surface area contributed by atoms with Gasteiger partial charge in [0.2, 0.25) is 0 Å². The van der Waals surface area contributed by atoms with E-state index in [1.807, 2.05) is 22.6 Å². The molecule has 0 aliphatic heterocycles. The number of nitrogens with zero attached hydrogens (tertiary/aromatic N) is 1. The number of halogens is 2. The van der Waals surface area contributed by atoms with Crippen molar-refractivity contribution in [1.29, 1.82) is 0 Å². The number of aliphatic imine (C=N–C) groups is 1. The van der Waals surface area contributed by atoms with Crippen molar-refractivity contribution in [1.82, 2.24) is 0 Å². The molecule has 0 aromatic rings. The molecular formula is C6H8ClIN2. The summed E-state index contributed by atoms with van der Waals surface area (Å²) in [6, 6.07) is 0. The van der Waals surface area contributed by atoms with Gasteiger partial charge in [0.05, 0.1) is 15.6 Å². The van der Waals surface area contributed by atoms with E-state index < -0.39 is 0 Å². The SMILES string of the molecule is C=C(I)/N=C\C(N)=C(/C)Cl. The molecule has 56 valence electrons. The summed E-state index contributed by atoms with van der Waals surface area (Å²) in [5, 5.41) is 0.543. The minimum Gasteiger partial charge on any atom is -0.397 e. The molecule has 0 bridgehead atoms. The molecule has 0 saturated heterocycles. The van der Waals surface area contributed by atoms with Crippen LogP contribution in [0.1, 0.15) is 6.92 Å². The average Bonchev–Trinajstić information content (AvgIpc) is 1.82. The third kappa shape index (κ3) is 4.81. The van der Waals surface area contributed by atoms with Crippen LogP contribution in [0.5, 0.6) is 0 Å². The molecule has 10 heavy (non-hydrogen) atoms. The van der Waals surface area contributed by atoms with E-state index in [4.69, 9.17) is 17.3 Å². The Morgan fingerprint density at radius 3 is 2.60 bits per heavy atom. The topological polar surface area (TPSA) is 38.4 Å². The molecule has 0 fully saturated rings. The molecule has 0 aromatic carbocycles. The Kier molecular flexibility index (Phi) is 4.72. The highest BCUT2D eigenvalue weighted by Crippen LogP contribution is 2.04. The van der Waals surface area contributed by atoms with E-state index in [0.29, 0.717) is 14.4 Å². The normalized spacial score (nSPS) is 13.5. The van der Waals surface area contributed by atoms with Crippen molar-refractivity contribution in [3.8, 4) is 0 Å². The van der Waals surface area contributed by atoms with Crippen LogP contribution in [0.2, 0.25) is 0 Å². The minimum absolute atomic E-state index is 0.472. The van der Waals surface area contributed by atoms with Crippen molar-refractivity contribution in [3.05, 3.63) is 21.0 Å². The van der Waals surface area contributed by atoms with Crippen LogP contribution >= 0.6 is 34.2 Å². The van der Waals surface area contributed by atoms with E-state index in [0.717, 1.165) is 0 Å². The van der Waals surface area contributed by atoms with Gasteiger partial charge in [0, 0.05) is 5.03 Å². The first-order valence-electron chi connectivity index (χ1n) is 2.54. The highest BCUT2D eigenvalue weighted by atomic mass is 127. The summed E-state index contributed by atoms with van der Waals surface area (Å²) >= 11 is 7.53. The van der Waals surface area contributed by atoms with Crippen molar-refractivity contribution in [3.63, 3.8) is 0 Å². The number of hydrogen-bond donors (Lipinski definition) is 1. The second-order valence-electron chi connectivity index (χ2n) is 1.62. The van der Waals surface area contributed by atoms with Gasteiger partial charge in [-0.1, -0.05) is 18.2 Å². The summed E-state index contributed by atoms with van der Waals surface area (Å²) in [4.78, 5) is 3.85. The summed E-state index contributed by atoms with van der Waals surface area (Å²) in [7, 11) is 0.